The van der Waals surface area contributed by atoms with Gasteiger partial charge >= 0.3 is 0 Å². The van der Waals surface area contributed by atoms with Gasteiger partial charge in [0.25, 0.3) is 0 Å². The molecular formula is C13H23N3. The molecule has 3 heteroatoms. The number of nitrogens with two attached hydrogens (primary N) is 1. The average Bonchev–Trinajstić information content (AvgIpc) is 2.90. The predicted octanol–water partition coefficient (Wildman–Crippen LogP) is 2.26. The second kappa shape index (κ2) is 5.48. The molecular weight excluding hydrogens is 198 g/mol. The molecule has 0 radical (unpaired) electrons. The van der Waals surface area contributed by atoms with E-state index in [0.717, 1.165) is 18.8 Å². The van der Waals surface area contributed by atoms with Crippen LogP contribution in [0.1, 0.15) is 44.2 Å². The molecule has 1 saturated carbocycles. The summed E-state index contributed by atoms with van der Waals surface area (Å²) in [6.07, 6.45) is 10.8. The lowest BCUT2D eigenvalue weighted by atomic mass is 9.94. The van der Waals surface area contributed by atoms with Crippen molar-refractivity contribution in [3.8, 4) is 0 Å². The summed E-state index contributed by atoms with van der Waals surface area (Å²) >= 11 is 0. The van der Waals surface area contributed by atoms with E-state index in [0.29, 0.717) is 6.04 Å². The minimum Gasteiger partial charge on any atom is -0.327 e. The minimum atomic E-state index is 0.427. The quantitative estimate of drug-likeness (QED) is 0.829. The van der Waals surface area contributed by atoms with Crippen molar-refractivity contribution in [3.05, 3.63) is 18.0 Å². The SMILES string of the molecule is Cn1nccc1CCCC(N)C1CCCC1. The van der Waals surface area contributed by atoms with Crippen molar-refractivity contribution in [2.45, 2.75) is 51.0 Å². The third-order valence-electron chi connectivity index (χ3n) is 3.90. The number of aryl methyl sites for hydroxylation is 2. The Kier molecular flexibility index (Phi) is 3.99. The lowest BCUT2D eigenvalue weighted by Gasteiger charge is -2.18. The van der Waals surface area contributed by atoms with E-state index < -0.39 is 0 Å². The van der Waals surface area contributed by atoms with Gasteiger partial charge in [-0.05, 0) is 44.1 Å². The Morgan fingerprint density at radius 2 is 2.25 bits per heavy atom. The number of hydrogen-bond donors (Lipinski definition) is 1. The Labute approximate surface area is 98.0 Å². The summed E-state index contributed by atoms with van der Waals surface area (Å²) < 4.78 is 1.96. The summed E-state index contributed by atoms with van der Waals surface area (Å²) in [5.41, 5.74) is 7.55. The first-order chi connectivity index (χ1) is 7.77. The minimum absolute atomic E-state index is 0.427. The first-order valence-electron chi connectivity index (χ1n) is 6.50. The highest BCUT2D eigenvalue weighted by molar-refractivity contribution is 4.99. The molecule has 1 aliphatic rings. The van der Waals surface area contributed by atoms with Gasteiger partial charge in [0.2, 0.25) is 0 Å². The van der Waals surface area contributed by atoms with Crippen molar-refractivity contribution in [1.29, 1.82) is 0 Å². The van der Waals surface area contributed by atoms with Gasteiger partial charge < -0.3 is 5.73 Å². The maximum atomic E-state index is 6.23. The molecule has 16 heavy (non-hydrogen) atoms. The number of aromatic nitrogens is 2. The van der Waals surface area contributed by atoms with E-state index in [9.17, 15) is 0 Å². The standard InChI is InChI=1S/C13H23N3/c1-16-12(9-10-15-16)7-4-8-13(14)11-5-2-3-6-11/h9-11,13H,2-8,14H2,1H3. The van der Waals surface area contributed by atoms with Crippen molar-refractivity contribution < 1.29 is 0 Å². The van der Waals surface area contributed by atoms with Crippen molar-refractivity contribution in [3.63, 3.8) is 0 Å². The first-order valence-corrected chi connectivity index (χ1v) is 6.50. The van der Waals surface area contributed by atoms with Gasteiger partial charge in [-0.2, -0.15) is 5.10 Å². The maximum Gasteiger partial charge on any atom is 0.0492 e. The first kappa shape index (κ1) is 11.6. The highest BCUT2D eigenvalue weighted by Gasteiger charge is 2.21. The van der Waals surface area contributed by atoms with E-state index in [-0.39, 0.29) is 0 Å². The fraction of sp³-hybridized carbons (Fsp3) is 0.769. The van der Waals surface area contributed by atoms with Crippen molar-refractivity contribution in [2.75, 3.05) is 0 Å². The molecule has 0 bridgehead atoms. The summed E-state index contributed by atoms with van der Waals surface area (Å²) in [4.78, 5) is 0. The molecule has 2 rings (SSSR count). The van der Waals surface area contributed by atoms with E-state index in [1.54, 1.807) is 0 Å². The molecule has 0 saturated heterocycles. The van der Waals surface area contributed by atoms with Crippen molar-refractivity contribution >= 4 is 0 Å². The molecule has 1 heterocycles. The second-order valence-electron chi connectivity index (χ2n) is 5.05. The molecule has 0 spiro atoms. The van der Waals surface area contributed by atoms with Crippen molar-refractivity contribution in [2.24, 2.45) is 18.7 Å². The van der Waals surface area contributed by atoms with Crippen LogP contribution in [0, 0.1) is 5.92 Å². The Morgan fingerprint density at radius 3 is 2.88 bits per heavy atom. The molecule has 0 amide bonds. The van der Waals surface area contributed by atoms with Crippen molar-refractivity contribution in [1.82, 2.24) is 9.78 Å². The molecule has 90 valence electrons. The van der Waals surface area contributed by atoms with Crippen LogP contribution in [0.3, 0.4) is 0 Å². The smallest absolute Gasteiger partial charge is 0.0492 e. The molecule has 2 N–H and O–H groups in total. The Balaban J connectivity index is 1.69. The topological polar surface area (TPSA) is 43.8 Å². The molecule has 1 unspecified atom stereocenters. The Morgan fingerprint density at radius 1 is 1.50 bits per heavy atom. The summed E-state index contributed by atoms with van der Waals surface area (Å²) in [6.45, 7) is 0. The fourth-order valence-electron chi connectivity index (χ4n) is 2.79. The highest BCUT2D eigenvalue weighted by Crippen LogP contribution is 2.28. The van der Waals surface area contributed by atoms with Gasteiger partial charge in [-0.25, -0.2) is 0 Å². The van der Waals surface area contributed by atoms with Crippen LogP contribution in [0.25, 0.3) is 0 Å². The molecule has 1 aromatic rings. The fourth-order valence-corrected chi connectivity index (χ4v) is 2.79. The number of nitrogens with zero attached hydrogens (tertiary/aromatic N) is 2. The largest absolute Gasteiger partial charge is 0.327 e. The van der Waals surface area contributed by atoms with Crippen LogP contribution in [0.2, 0.25) is 0 Å². The second-order valence-corrected chi connectivity index (χ2v) is 5.05. The van der Waals surface area contributed by atoms with Crippen LogP contribution in [-0.4, -0.2) is 15.8 Å². The average molecular weight is 221 g/mol. The van der Waals surface area contributed by atoms with Gasteiger partial charge in [0.05, 0.1) is 0 Å². The van der Waals surface area contributed by atoms with Crippen LogP contribution < -0.4 is 5.73 Å². The third kappa shape index (κ3) is 2.85. The van der Waals surface area contributed by atoms with Gasteiger partial charge in [-0.1, -0.05) is 12.8 Å². The van der Waals surface area contributed by atoms with Crippen LogP contribution in [0.5, 0.6) is 0 Å². The molecule has 0 aliphatic heterocycles. The zero-order valence-corrected chi connectivity index (χ0v) is 10.2. The van der Waals surface area contributed by atoms with E-state index in [4.69, 9.17) is 5.73 Å². The molecule has 0 aromatic carbocycles. The monoisotopic (exact) mass is 221 g/mol. The molecule has 1 atom stereocenters. The summed E-state index contributed by atoms with van der Waals surface area (Å²) in [5, 5.41) is 4.18. The normalized spacial score (nSPS) is 19.1. The zero-order chi connectivity index (χ0) is 11.4. The maximum absolute atomic E-state index is 6.23. The molecule has 1 aliphatic carbocycles. The number of hydrogen-bond acceptors (Lipinski definition) is 2. The van der Waals surface area contributed by atoms with Crippen LogP contribution in [0.15, 0.2) is 12.3 Å². The van der Waals surface area contributed by atoms with Crippen LogP contribution in [-0.2, 0) is 13.5 Å². The van der Waals surface area contributed by atoms with E-state index in [1.165, 1.54) is 37.8 Å². The Hall–Kier alpha value is -0.830. The number of rotatable bonds is 5. The van der Waals surface area contributed by atoms with Gasteiger partial charge in [-0.15, -0.1) is 0 Å². The van der Waals surface area contributed by atoms with Crippen LogP contribution in [0.4, 0.5) is 0 Å². The molecule has 1 fully saturated rings. The third-order valence-corrected chi connectivity index (χ3v) is 3.90. The van der Waals surface area contributed by atoms with Gasteiger partial charge in [0.15, 0.2) is 0 Å². The van der Waals surface area contributed by atoms with Gasteiger partial charge in [0.1, 0.15) is 0 Å². The summed E-state index contributed by atoms with van der Waals surface area (Å²) in [6, 6.07) is 2.52. The molecule has 3 nitrogen and oxygen atoms in total. The highest BCUT2D eigenvalue weighted by atomic mass is 15.2. The summed E-state index contributed by atoms with van der Waals surface area (Å²) in [5.74, 6) is 0.798. The molecule has 1 aromatic heterocycles. The van der Waals surface area contributed by atoms with E-state index in [1.807, 2.05) is 17.9 Å². The Bertz CT molecular complexity index is 313. The summed E-state index contributed by atoms with van der Waals surface area (Å²) in [7, 11) is 2.01. The van der Waals surface area contributed by atoms with Gasteiger partial charge in [0, 0.05) is 25.0 Å². The zero-order valence-electron chi connectivity index (χ0n) is 10.2. The van der Waals surface area contributed by atoms with E-state index >= 15 is 0 Å². The van der Waals surface area contributed by atoms with Gasteiger partial charge in [-0.3, -0.25) is 4.68 Å². The lowest BCUT2D eigenvalue weighted by molar-refractivity contribution is 0.400. The van der Waals surface area contributed by atoms with Crippen LogP contribution >= 0.6 is 0 Å². The van der Waals surface area contributed by atoms with E-state index in [2.05, 4.69) is 11.2 Å². The predicted molar refractivity (Wildman–Crippen MR) is 66.1 cm³/mol. The lowest BCUT2D eigenvalue weighted by Crippen LogP contribution is -2.28.